The Morgan fingerprint density at radius 3 is 2.32 bits per heavy atom. The lowest BCUT2D eigenvalue weighted by Gasteiger charge is -2.06. The van der Waals surface area contributed by atoms with E-state index in [-0.39, 0.29) is 17.5 Å². The molecule has 0 radical (unpaired) electrons. The van der Waals surface area contributed by atoms with Gasteiger partial charge in [0.2, 0.25) is 0 Å². The molecule has 0 amide bonds. The molecule has 1 fully saturated rings. The van der Waals surface area contributed by atoms with Crippen LogP contribution in [0.5, 0.6) is 0 Å². The second-order valence-corrected chi connectivity index (χ2v) is 6.73. The van der Waals surface area contributed by atoms with Crippen molar-refractivity contribution in [1.29, 1.82) is 0 Å². The minimum Gasteiger partial charge on any atom is -0.298 e. The van der Waals surface area contributed by atoms with E-state index < -0.39 is 5.41 Å². The normalized spacial score (nSPS) is 21.1. The fourth-order valence-corrected chi connectivity index (χ4v) is 3.33. The van der Waals surface area contributed by atoms with Crippen molar-refractivity contribution in [3.63, 3.8) is 0 Å². The quantitative estimate of drug-likeness (QED) is 0.569. The van der Waals surface area contributed by atoms with Crippen LogP contribution >= 0.6 is 0 Å². The van der Waals surface area contributed by atoms with Gasteiger partial charge in [-0.15, -0.1) is 0 Å². The molecular formula is C23H22O2. The van der Waals surface area contributed by atoms with Crippen LogP contribution in [-0.4, -0.2) is 11.6 Å². The van der Waals surface area contributed by atoms with Gasteiger partial charge < -0.3 is 0 Å². The van der Waals surface area contributed by atoms with E-state index in [0.29, 0.717) is 6.42 Å². The molecule has 2 atom stereocenters. The third-order valence-corrected chi connectivity index (χ3v) is 4.99. The van der Waals surface area contributed by atoms with Gasteiger partial charge >= 0.3 is 0 Å². The van der Waals surface area contributed by atoms with Crippen molar-refractivity contribution >= 4 is 11.6 Å². The van der Waals surface area contributed by atoms with Gasteiger partial charge in [-0.2, -0.15) is 0 Å². The van der Waals surface area contributed by atoms with Gasteiger partial charge in [-0.25, -0.2) is 0 Å². The lowest BCUT2D eigenvalue weighted by Crippen LogP contribution is -2.13. The van der Waals surface area contributed by atoms with Crippen LogP contribution in [0.3, 0.4) is 0 Å². The number of benzene rings is 2. The van der Waals surface area contributed by atoms with Gasteiger partial charge in [-0.3, -0.25) is 9.59 Å². The number of rotatable bonds is 6. The predicted octanol–water partition coefficient (Wildman–Crippen LogP) is 4.69. The van der Waals surface area contributed by atoms with Crippen LogP contribution in [-0.2, 0) is 4.79 Å². The molecule has 0 saturated heterocycles. The van der Waals surface area contributed by atoms with E-state index in [2.05, 4.69) is 11.8 Å². The minimum absolute atomic E-state index is 0.148. The molecule has 0 aliphatic heterocycles. The number of hydrogen-bond acceptors (Lipinski definition) is 2. The monoisotopic (exact) mass is 330 g/mol. The second kappa shape index (κ2) is 7.49. The van der Waals surface area contributed by atoms with E-state index in [0.717, 1.165) is 30.4 Å². The Labute approximate surface area is 149 Å². The van der Waals surface area contributed by atoms with E-state index in [1.165, 1.54) is 0 Å². The zero-order valence-corrected chi connectivity index (χ0v) is 14.5. The molecule has 1 aliphatic carbocycles. The highest BCUT2D eigenvalue weighted by atomic mass is 16.1. The standard InChI is InChI=1S/C23H22O2/c1-18(24)23(16-15-19-9-4-2-5-10-19)17-21(23)13-8-14-22(25)20-11-6-3-7-12-20/h2-7,9-12,21H,8,13-14,17H2,1H3/t21-,23+/m0/s1. The van der Waals surface area contributed by atoms with Gasteiger partial charge in [0.15, 0.2) is 5.78 Å². The fraction of sp³-hybridized carbons (Fsp3) is 0.304. The summed E-state index contributed by atoms with van der Waals surface area (Å²) >= 11 is 0. The van der Waals surface area contributed by atoms with E-state index in [1.54, 1.807) is 6.92 Å². The predicted molar refractivity (Wildman–Crippen MR) is 99.2 cm³/mol. The largest absolute Gasteiger partial charge is 0.298 e. The molecule has 0 bridgehead atoms. The van der Waals surface area contributed by atoms with Gasteiger partial charge in [0, 0.05) is 17.5 Å². The summed E-state index contributed by atoms with van der Waals surface area (Å²) in [6.45, 7) is 1.63. The van der Waals surface area contributed by atoms with Crippen LogP contribution in [0.4, 0.5) is 0 Å². The summed E-state index contributed by atoms with van der Waals surface area (Å²) in [6.07, 6.45) is 3.03. The Morgan fingerprint density at radius 2 is 1.68 bits per heavy atom. The van der Waals surface area contributed by atoms with Gasteiger partial charge in [0.05, 0.1) is 5.41 Å². The maximum atomic E-state index is 12.2. The van der Waals surface area contributed by atoms with E-state index >= 15 is 0 Å². The number of Topliss-reactive ketones (excluding diaryl/α,β-unsaturated/α-hetero) is 2. The average molecular weight is 330 g/mol. The first-order valence-electron chi connectivity index (χ1n) is 8.79. The number of carbonyl (C=O) groups excluding carboxylic acids is 2. The lowest BCUT2D eigenvalue weighted by atomic mass is 9.95. The van der Waals surface area contributed by atoms with Crippen LogP contribution in [0.25, 0.3) is 0 Å². The molecule has 0 spiro atoms. The van der Waals surface area contributed by atoms with Crippen molar-refractivity contribution in [2.75, 3.05) is 0 Å². The molecule has 0 heterocycles. The summed E-state index contributed by atoms with van der Waals surface area (Å²) < 4.78 is 0. The van der Waals surface area contributed by atoms with Gasteiger partial charge in [0.1, 0.15) is 5.78 Å². The lowest BCUT2D eigenvalue weighted by molar-refractivity contribution is -0.120. The van der Waals surface area contributed by atoms with Crippen LogP contribution in [0.15, 0.2) is 60.7 Å². The number of hydrogen-bond donors (Lipinski definition) is 0. The molecule has 1 aliphatic rings. The second-order valence-electron chi connectivity index (χ2n) is 6.73. The third-order valence-electron chi connectivity index (χ3n) is 4.99. The Hall–Kier alpha value is -2.66. The Morgan fingerprint density at radius 1 is 1.04 bits per heavy atom. The third kappa shape index (κ3) is 4.06. The first kappa shape index (κ1) is 17.2. The Balaban J connectivity index is 1.56. The molecule has 2 aromatic carbocycles. The molecule has 0 aromatic heterocycles. The SMILES string of the molecule is CC(=O)[C@@]1(C#Cc2ccccc2)C[C@@H]1CCCC(=O)c1ccccc1. The van der Waals surface area contributed by atoms with Crippen LogP contribution in [0, 0.1) is 23.2 Å². The summed E-state index contributed by atoms with van der Waals surface area (Å²) in [7, 11) is 0. The molecule has 2 aromatic rings. The van der Waals surface area contributed by atoms with Crippen molar-refractivity contribution < 1.29 is 9.59 Å². The molecule has 2 nitrogen and oxygen atoms in total. The fourth-order valence-electron chi connectivity index (χ4n) is 3.33. The highest BCUT2D eigenvalue weighted by Gasteiger charge is 2.56. The molecule has 126 valence electrons. The zero-order valence-electron chi connectivity index (χ0n) is 14.5. The highest BCUT2D eigenvalue weighted by Crippen LogP contribution is 2.55. The van der Waals surface area contributed by atoms with Crippen molar-refractivity contribution in [1.82, 2.24) is 0 Å². The van der Waals surface area contributed by atoms with Crippen LogP contribution in [0.1, 0.15) is 48.5 Å². The smallest absolute Gasteiger partial charge is 0.162 e. The highest BCUT2D eigenvalue weighted by molar-refractivity contribution is 5.96. The number of carbonyl (C=O) groups is 2. The van der Waals surface area contributed by atoms with E-state index in [4.69, 9.17) is 0 Å². The molecule has 0 N–H and O–H groups in total. The summed E-state index contributed by atoms with van der Waals surface area (Å²) in [5.41, 5.74) is 1.21. The van der Waals surface area contributed by atoms with E-state index in [9.17, 15) is 9.59 Å². The van der Waals surface area contributed by atoms with Gasteiger partial charge in [-0.05, 0) is 44.2 Å². The summed E-state index contributed by atoms with van der Waals surface area (Å²) in [6, 6.07) is 19.1. The van der Waals surface area contributed by atoms with Crippen LogP contribution < -0.4 is 0 Å². The van der Waals surface area contributed by atoms with Crippen molar-refractivity contribution in [3.8, 4) is 11.8 Å². The van der Waals surface area contributed by atoms with E-state index in [1.807, 2.05) is 60.7 Å². The molecule has 2 heteroatoms. The Bertz CT molecular complexity index is 811. The molecule has 3 rings (SSSR count). The van der Waals surface area contributed by atoms with Crippen molar-refractivity contribution in [2.24, 2.45) is 11.3 Å². The van der Waals surface area contributed by atoms with Crippen LogP contribution in [0.2, 0.25) is 0 Å². The Kier molecular flexibility index (Phi) is 5.14. The van der Waals surface area contributed by atoms with Gasteiger partial charge in [-0.1, -0.05) is 60.4 Å². The summed E-state index contributed by atoms with van der Waals surface area (Å²) in [4.78, 5) is 24.3. The molecule has 1 saturated carbocycles. The summed E-state index contributed by atoms with van der Waals surface area (Å²) in [5.74, 6) is 6.97. The summed E-state index contributed by atoms with van der Waals surface area (Å²) in [5, 5.41) is 0. The number of ketones is 2. The van der Waals surface area contributed by atoms with Gasteiger partial charge in [0.25, 0.3) is 0 Å². The van der Waals surface area contributed by atoms with Crippen molar-refractivity contribution in [2.45, 2.75) is 32.6 Å². The average Bonchev–Trinajstić information content (AvgIpc) is 3.36. The molecule has 0 unspecified atom stereocenters. The first-order valence-corrected chi connectivity index (χ1v) is 8.79. The zero-order chi connectivity index (χ0) is 17.7. The topological polar surface area (TPSA) is 34.1 Å². The molecular weight excluding hydrogens is 308 g/mol. The molecule has 25 heavy (non-hydrogen) atoms. The maximum Gasteiger partial charge on any atom is 0.162 e. The minimum atomic E-state index is -0.494. The maximum absolute atomic E-state index is 12.2. The van der Waals surface area contributed by atoms with Crippen molar-refractivity contribution in [3.05, 3.63) is 71.8 Å². The first-order chi connectivity index (χ1) is 12.1.